The third-order valence-electron chi connectivity index (χ3n) is 3.24. The number of carbonyl (C=O) groups is 1. The van der Waals surface area contributed by atoms with Crippen molar-refractivity contribution in [2.75, 3.05) is 26.1 Å². The van der Waals surface area contributed by atoms with Crippen LogP contribution in [0.2, 0.25) is 5.02 Å². The zero-order chi connectivity index (χ0) is 16.7. The van der Waals surface area contributed by atoms with Crippen LogP contribution in [0.1, 0.15) is 5.56 Å². The largest absolute Gasteiger partial charge is 0.497 e. The molecule has 23 heavy (non-hydrogen) atoms. The van der Waals surface area contributed by atoms with E-state index < -0.39 is 0 Å². The van der Waals surface area contributed by atoms with Gasteiger partial charge in [-0.05, 0) is 42.3 Å². The second-order valence-corrected chi connectivity index (χ2v) is 5.24. The fraction of sp³-hybridized carbons (Fsp3) is 0.235. The molecule has 122 valence electrons. The molecule has 0 heterocycles. The van der Waals surface area contributed by atoms with Gasteiger partial charge in [-0.25, -0.2) is 4.79 Å². The second-order valence-electron chi connectivity index (χ2n) is 4.83. The van der Waals surface area contributed by atoms with Crippen LogP contribution in [0.15, 0.2) is 42.5 Å². The maximum atomic E-state index is 11.9. The highest BCUT2D eigenvalue weighted by Crippen LogP contribution is 2.27. The van der Waals surface area contributed by atoms with Crippen LogP contribution in [0.4, 0.5) is 10.5 Å². The summed E-state index contributed by atoms with van der Waals surface area (Å²) >= 11 is 6.02. The van der Waals surface area contributed by atoms with Gasteiger partial charge in [0.15, 0.2) is 0 Å². The van der Waals surface area contributed by atoms with E-state index in [1.54, 1.807) is 32.4 Å². The normalized spacial score (nSPS) is 10.0. The standard InChI is InChI=1S/C17H19ClN2O3/c1-22-14-5-3-4-12(10-14)8-9-19-17(21)20-13-6-7-16(23-2)15(18)11-13/h3-7,10-11H,8-9H2,1-2H3,(H2,19,20,21). The number of urea groups is 1. The fourth-order valence-corrected chi connectivity index (χ4v) is 2.33. The van der Waals surface area contributed by atoms with Crippen molar-refractivity contribution in [3.8, 4) is 11.5 Å². The molecule has 0 atom stereocenters. The van der Waals surface area contributed by atoms with Crippen LogP contribution in [0, 0.1) is 0 Å². The van der Waals surface area contributed by atoms with Gasteiger partial charge in [0, 0.05) is 12.2 Å². The van der Waals surface area contributed by atoms with E-state index in [-0.39, 0.29) is 6.03 Å². The molecule has 2 aromatic carbocycles. The Bertz CT molecular complexity index is 677. The molecular formula is C17H19ClN2O3. The van der Waals surface area contributed by atoms with E-state index in [2.05, 4.69) is 10.6 Å². The molecule has 2 aromatic rings. The summed E-state index contributed by atoms with van der Waals surface area (Å²) in [5.41, 5.74) is 1.70. The highest BCUT2D eigenvalue weighted by molar-refractivity contribution is 6.32. The topological polar surface area (TPSA) is 59.6 Å². The van der Waals surface area contributed by atoms with Crippen LogP contribution in [0.25, 0.3) is 0 Å². The molecule has 0 unspecified atom stereocenters. The quantitative estimate of drug-likeness (QED) is 0.846. The number of ether oxygens (including phenoxy) is 2. The van der Waals surface area contributed by atoms with E-state index in [4.69, 9.17) is 21.1 Å². The van der Waals surface area contributed by atoms with Crippen molar-refractivity contribution in [2.24, 2.45) is 0 Å². The summed E-state index contributed by atoms with van der Waals surface area (Å²) in [5.74, 6) is 1.37. The molecule has 0 fully saturated rings. The highest BCUT2D eigenvalue weighted by atomic mass is 35.5. The van der Waals surface area contributed by atoms with Gasteiger partial charge < -0.3 is 20.1 Å². The molecule has 2 amide bonds. The molecular weight excluding hydrogens is 316 g/mol. The molecule has 0 aromatic heterocycles. The summed E-state index contributed by atoms with van der Waals surface area (Å²) in [6.45, 7) is 0.517. The second kappa shape index (κ2) is 8.29. The Morgan fingerprint density at radius 1 is 1.13 bits per heavy atom. The minimum atomic E-state index is -0.283. The number of halogens is 1. The molecule has 0 radical (unpaired) electrons. The first kappa shape index (κ1) is 17.0. The number of anilines is 1. The smallest absolute Gasteiger partial charge is 0.319 e. The van der Waals surface area contributed by atoms with Crippen LogP contribution in [0.5, 0.6) is 11.5 Å². The zero-order valence-electron chi connectivity index (χ0n) is 13.1. The molecule has 2 N–H and O–H groups in total. The first-order valence-corrected chi connectivity index (χ1v) is 7.51. The zero-order valence-corrected chi connectivity index (χ0v) is 13.8. The Hall–Kier alpha value is -2.40. The van der Waals surface area contributed by atoms with Gasteiger partial charge in [0.1, 0.15) is 11.5 Å². The first-order valence-electron chi connectivity index (χ1n) is 7.13. The van der Waals surface area contributed by atoms with E-state index in [9.17, 15) is 4.79 Å². The summed E-state index contributed by atoms with van der Waals surface area (Å²) in [4.78, 5) is 11.9. The number of methoxy groups -OCH3 is 2. The molecule has 0 aliphatic heterocycles. The Kier molecular flexibility index (Phi) is 6.11. The maximum absolute atomic E-state index is 11.9. The highest BCUT2D eigenvalue weighted by Gasteiger charge is 2.05. The van der Waals surface area contributed by atoms with Crippen molar-refractivity contribution >= 4 is 23.3 Å². The van der Waals surface area contributed by atoms with E-state index in [0.717, 1.165) is 11.3 Å². The van der Waals surface area contributed by atoms with Crippen molar-refractivity contribution in [3.63, 3.8) is 0 Å². The lowest BCUT2D eigenvalue weighted by atomic mass is 10.1. The van der Waals surface area contributed by atoms with Crippen molar-refractivity contribution in [2.45, 2.75) is 6.42 Å². The van der Waals surface area contributed by atoms with Crippen LogP contribution in [0.3, 0.4) is 0 Å². The predicted octanol–water partition coefficient (Wildman–Crippen LogP) is 3.72. The number of nitrogens with one attached hydrogen (secondary N) is 2. The first-order chi connectivity index (χ1) is 11.1. The van der Waals surface area contributed by atoms with Gasteiger partial charge in [-0.3, -0.25) is 0 Å². The van der Waals surface area contributed by atoms with Gasteiger partial charge in [-0.2, -0.15) is 0 Å². The average Bonchev–Trinajstić information content (AvgIpc) is 2.55. The molecule has 6 heteroatoms. The lowest BCUT2D eigenvalue weighted by Gasteiger charge is -2.10. The van der Waals surface area contributed by atoms with E-state index in [1.165, 1.54) is 0 Å². The van der Waals surface area contributed by atoms with Crippen molar-refractivity contribution < 1.29 is 14.3 Å². The molecule has 0 bridgehead atoms. The fourth-order valence-electron chi connectivity index (χ4n) is 2.07. The molecule has 5 nitrogen and oxygen atoms in total. The third kappa shape index (κ3) is 5.07. The average molecular weight is 335 g/mol. The van der Waals surface area contributed by atoms with Crippen LogP contribution in [-0.2, 0) is 6.42 Å². The number of carbonyl (C=O) groups excluding carboxylic acids is 1. The van der Waals surface area contributed by atoms with Gasteiger partial charge >= 0.3 is 6.03 Å². The van der Waals surface area contributed by atoms with Crippen LogP contribution < -0.4 is 20.1 Å². The van der Waals surface area contributed by atoms with Gasteiger partial charge in [0.2, 0.25) is 0 Å². The SMILES string of the molecule is COc1cccc(CCNC(=O)Nc2ccc(OC)c(Cl)c2)c1. The van der Waals surface area contributed by atoms with Crippen molar-refractivity contribution in [1.82, 2.24) is 5.32 Å². The molecule has 2 rings (SSSR count). The number of benzene rings is 2. The number of hydrogen-bond acceptors (Lipinski definition) is 3. The lowest BCUT2D eigenvalue weighted by molar-refractivity contribution is 0.252. The molecule has 0 spiro atoms. The van der Waals surface area contributed by atoms with Crippen molar-refractivity contribution in [1.29, 1.82) is 0 Å². The summed E-state index contributed by atoms with van der Waals surface area (Å²) in [6, 6.07) is 12.5. The summed E-state index contributed by atoms with van der Waals surface area (Å²) < 4.78 is 10.2. The Morgan fingerprint density at radius 3 is 2.65 bits per heavy atom. The Balaban J connectivity index is 1.82. The number of hydrogen-bond donors (Lipinski definition) is 2. The summed E-state index contributed by atoms with van der Waals surface area (Å²) in [5, 5.41) is 5.97. The van der Waals surface area contributed by atoms with Gasteiger partial charge in [-0.1, -0.05) is 23.7 Å². The van der Waals surface area contributed by atoms with E-state index >= 15 is 0 Å². The summed E-state index contributed by atoms with van der Waals surface area (Å²) in [6.07, 6.45) is 0.716. The third-order valence-corrected chi connectivity index (χ3v) is 3.54. The number of rotatable bonds is 6. The molecule has 0 aliphatic carbocycles. The van der Waals surface area contributed by atoms with Crippen LogP contribution in [-0.4, -0.2) is 26.8 Å². The molecule has 0 aliphatic rings. The Labute approximate surface area is 140 Å². The van der Waals surface area contributed by atoms with E-state index in [1.807, 2.05) is 24.3 Å². The molecule has 0 saturated heterocycles. The van der Waals surface area contributed by atoms with Crippen molar-refractivity contribution in [3.05, 3.63) is 53.1 Å². The van der Waals surface area contributed by atoms with Crippen LogP contribution >= 0.6 is 11.6 Å². The minimum absolute atomic E-state index is 0.283. The predicted molar refractivity (Wildman–Crippen MR) is 91.7 cm³/mol. The van der Waals surface area contributed by atoms with Gasteiger partial charge in [0.25, 0.3) is 0 Å². The summed E-state index contributed by atoms with van der Waals surface area (Å²) in [7, 11) is 3.17. The Morgan fingerprint density at radius 2 is 1.96 bits per heavy atom. The monoisotopic (exact) mass is 334 g/mol. The molecule has 0 saturated carbocycles. The van der Waals surface area contributed by atoms with Gasteiger partial charge in [0.05, 0.1) is 19.2 Å². The lowest BCUT2D eigenvalue weighted by Crippen LogP contribution is -2.30. The number of amides is 2. The maximum Gasteiger partial charge on any atom is 0.319 e. The minimum Gasteiger partial charge on any atom is -0.497 e. The van der Waals surface area contributed by atoms with E-state index in [0.29, 0.717) is 29.4 Å². The van der Waals surface area contributed by atoms with Gasteiger partial charge in [-0.15, -0.1) is 0 Å².